The normalized spacial score (nSPS) is 11.4. The van der Waals surface area contributed by atoms with Crippen LogP contribution in [0.1, 0.15) is 11.3 Å². The number of hydrogen-bond acceptors (Lipinski definition) is 6. The molecule has 0 spiro atoms. The first-order valence-electron chi connectivity index (χ1n) is 7.69. The predicted octanol–water partition coefficient (Wildman–Crippen LogP) is 3.31. The molecule has 0 fully saturated rings. The second kappa shape index (κ2) is 7.83. The number of aryl methyl sites for hydroxylation is 2. The molecule has 3 aromatic rings. The maximum absolute atomic E-state index is 12.8. The molecular formula is C16H15BrClN5O3S. The van der Waals surface area contributed by atoms with Crippen molar-refractivity contribution in [1.82, 2.24) is 19.7 Å². The summed E-state index contributed by atoms with van der Waals surface area (Å²) < 4.78 is 35.3. The van der Waals surface area contributed by atoms with Gasteiger partial charge >= 0.3 is 0 Å². The molecule has 0 unspecified atom stereocenters. The molecule has 1 N–H and O–H groups in total. The molecule has 1 aromatic carbocycles. The number of nitrogens with zero attached hydrogens (tertiary/aromatic N) is 4. The lowest BCUT2D eigenvalue weighted by molar-refractivity contribution is 0.294. The highest BCUT2D eigenvalue weighted by Gasteiger charge is 2.27. The number of anilines is 1. The van der Waals surface area contributed by atoms with Crippen molar-refractivity contribution in [1.29, 1.82) is 0 Å². The third kappa shape index (κ3) is 4.40. The highest BCUT2D eigenvalue weighted by Crippen LogP contribution is 2.29. The molecule has 142 valence electrons. The smallest absolute Gasteiger partial charge is 0.268 e. The molecule has 0 aliphatic heterocycles. The Morgan fingerprint density at radius 1 is 1.30 bits per heavy atom. The Bertz CT molecular complexity index is 1070. The molecule has 0 bridgehead atoms. The van der Waals surface area contributed by atoms with Gasteiger partial charge < -0.3 is 4.74 Å². The van der Waals surface area contributed by atoms with Crippen molar-refractivity contribution in [2.45, 2.75) is 18.4 Å². The second-order valence-corrected chi connectivity index (χ2v) is 8.34. The van der Waals surface area contributed by atoms with Crippen molar-refractivity contribution in [2.75, 3.05) is 4.72 Å². The van der Waals surface area contributed by atoms with Crippen molar-refractivity contribution in [3.05, 3.63) is 57.5 Å². The van der Waals surface area contributed by atoms with E-state index in [2.05, 4.69) is 35.7 Å². The fourth-order valence-corrected chi connectivity index (χ4v) is 4.37. The number of halogens is 2. The Labute approximate surface area is 169 Å². The summed E-state index contributed by atoms with van der Waals surface area (Å²) in [6, 6.07) is 9.41. The van der Waals surface area contributed by atoms with Crippen LogP contribution in [0.4, 0.5) is 5.82 Å². The standard InChI is InChI=1S/C16H15BrClN5O3S/c1-10-13(14(18)23(2)21-10)27(24,25)22-15-16(20-12(17)8-19-15)26-9-11-6-4-3-5-7-11/h3-8H,9H2,1-2H3,(H,19,22). The van der Waals surface area contributed by atoms with E-state index in [1.54, 1.807) is 14.0 Å². The molecule has 11 heteroatoms. The molecule has 27 heavy (non-hydrogen) atoms. The minimum atomic E-state index is -4.04. The molecule has 0 saturated carbocycles. The van der Waals surface area contributed by atoms with Crippen molar-refractivity contribution < 1.29 is 13.2 Å². The van der Waals surface area contributed by atoms with Crippen LogP contribution in [-0.4, -0.2) is 28.2 Å². The fraction of sp³-hybridized carbons (Fsp3) is 0.188. The summed E-state index contributed by atoms with van der Waals surface area (Å²) in [5.74, 6) is -0.0112. The lowest BCUT2D eigenvalue weighted by Crippen LogP contribution is -2.16. The number of benzene rings is 1. The van der Waals surface area contributed by atoms with Crippen molar-refractivity contribution >= 4 is 43.4 Å². The Hall–Kier alpha value is -2.17. The molecule has 0 aliphatic carbocycles. The summed E-state index contributed by atoms with van der Waals surface area (Å²) in [5, 5.41) is 4.02. The van der Waals surface area contributed by atoms with Crippen LogP contribution in [0.5, 0.6) is 5.88 Å². The molecule has 3 rings (SSSR count). The van der Waals surface area contributed by atoms with Gasteiger partial charge in [0.15, 0.2) is 0 Å². The van der Waals surface area contributed by atoms with E-state index in [-0.39, 0.29) is 34.0 Å². The Morgan fingerprint density at radius 2 is 2.00 bits per heavy atom. The van der Waals surface area contributed by atoms with Gasteiger partial charge in [0.2, 0.25) is 5.82 Å². The topological polar surface area (TPSA) is 99.0 Å². The molecular weight excluding hydrogens is 458 g/mol. The minimum absolute atomic E-state index is 0.00294. The number of rotatable bonds is 6. The molecule has 0 radical (unpaired) electrons. The van der Waals surface area contributed by atoms with E-state index in [9.17, 15) is 8.42 Å². The van der Waals surface area contributed by atoms with Crippen molar-refractivity contribution in [2.24, 2.45) is 7.05 Å². The van der Waals surface area contributed by atoms with Gasteiger partial charge in [0, 0.05) is 7.05 Å². The van der Waals surface area contributed by atoms with Crippen LogP contribution in [0.3, 0.4) is 0 Å². The van der Waals surface area contributed by atoms with Crippen LogP contribution < -0.4 is 9.46 Å². The van der Waals surface area contributed by atoms with Gasteiger partial charge in [-0.2, -0.15) is 5.10 Å². The van der Waals surface area contributed by atoms with E-state index < -0.39 is 10.0 Å². The third-order valence-corrected chi connectivity index (χ3v) is 5.95. The maximum Gasteiger partial charge on any atom is 0.268 e. The van der Waals surface area contributed by atoms with E-state index >= 15 is 0 Å². The first-order valence-corrected chi connectivity index (χ1v) is 10.3. The largest absolute Gasteiger partial charge is 0.470 e. The van der Waals surface area contributed by atoms with Gasteiger partial charge in [0.1, 0.15) is 21.3 Å². The highest BCUT2D eigenvalue weighted by molar-refractivity contribution is 9.10. The third-order valence-electron chi connectivity index (χ3n) is 3.53. The van der Waals surface area contributed by atoms with E-state index in [0.29, 0.717) is 4.60 Å². The van der Waals surface area contributed by atoms with Gasteiger partial charge in [0.25, 0.3) is 15.9 Å². The van der Waals surface area contributed by atoms with Gasteiger partial charge in [-0.05, 0) is 28.4 Å². The summed E-state index contributed by atoms with van der Waals surface area (Å²) in [5.41, 5.74) is 1.17. The van der Waals surface area contributed by atoms with Gasteiger partial charge in [0.05, 0.1) is 11.9 Å². The quantitative estimate of drug-likeness (QED) is 0.591. The molecule has 2 aromatic heterocycles. The summed E-state index contributed by atoms with van der Waals surface area (Å²) in [6.45, 7) is 1.76. The average molecular weight is 473 g/mol. The zero-order valence-corrected chi connectivity index (χ0v) is 17.5. The molecule has 0 amide bonds. The number of nitrogens with one attached hydrogen (secondary N) is 1. The summed E-state index contributed by atoms with van der Waals surface area (Å²) in [7, 11) is -2.48. The van der Waals surface area contributed by atoms with Crippen LogP contribution in [0, 0.1) is 6.92 Å². The van der Waals surface area contributed by atoms with Crippen LogP contribution in [-0.2, 0) is 23.7 Å². The maximum atomic E-state index is 12.8. The van der Waals surface area contributed by atoms with E-state index in [0.717, 1.165) is 5.56 Å². The van der Waals surface area contributed by atoms with Crippen LogP contribution in [0.25, 0.3) is 0 Å². The van der Waals surface area contributed by atoms with Crippen LogP contribution in [0.2, 0.25) is 5.15 Å². The second-order valence-electron chi connectivity index (χ2n) is 5.56. The first kappa shape index (κ1) is 19.6. The van der Waals surface area contributed by atoms with Crippen molar-refractivity contribution in [3.8, 4) is 5.88 Å². The highest BCUT2D eigenvalue weighted by atomic mass is 79.9. The van der Waals surface area contributed by atoms with E-state index in [1.807, 2.05) is 30.3 Å². The van der Waals surface area contributed by atoms with E-state index in [4.69, 9.17) is 16.3 Å². The molecule has 0 atom stereocenters. The summed E-state index contributed by atoms with van der Waals surface area (Å²) in [6.07, 6.45) is 1.37. The van der Waals surface area contributed by atoms with Gasteiger partial charge in [-0.25, -0.2) is 18.4 Å². The predicted molar refractivity (Wildman–Crippen MR) is 104 cm³/mol. The van der Waals surface area contributed by atoms with Crippen LogP contribution in [0.15, 0.2) is 46.0 Å². The number of sulfonamides is 1. The lowest BCUT2D eigenvalue weighted by atomic mass is 10.2. The molecule has 0 saturated heterocycles. The van der Waals surface area contributed by atoms with Gasteiger partial charge in [-0.1, -0.05) is 41.9 Å². The molecule has 0 aliphatic rings. The zero-order valence-electron chi connectivity index (χ0n) is 14.3. The van der Waals surface area contributed by atoms with Crippen LogP contribution >= 0.6 is 27.5 Å². The van der Waals surface area contributed by atoms with E-state index in [1.165, 1.54) is 10.9 Å². The van der Waals surface area contributed by atoms with Gasteiger partial charge in [-0.15, -0.1) is 0 Å². The summed E-state index contributed by atoms with van der Waals surface area (Å²) >= 11 is 9.29. The van der Waals surface area contributed by atoms with Gasteiger partial charge in [-0.3, -0.25) is 9.40 Å². The zero-order chi connectivity index (χ0) is 19.6. The minimum Gasteiger partial charge on any atom is -0.470 e. The Kier molecular flexibility index (Phi) is 5.68. The number of aromatic nitrogens is 4. The number of ether oxygens (including phenoxy) is 1. The Morgan fingerprint density at radius 3 is 2.63 bits per heavy atom. The first-order chi connectivity index (χ1) is 12.8. The number of hydrogen-bond donors (Lipinski definition) is 1. The van der Waals surface area contributed by atoms with Crippen molar-refractivity contribution in [3.63, 3.8) is 0 Å². The fourth-order valence-electron chi connectivity index (χ4n) is 2.34. The lowest BCUT2D eigenvalue weighted by Gasteiger charge is -2.12. The molecule has 2 heterocycles. The SMILES string of the molecule is Cc1nn(C)c(Cl)c1S(=O)(=O)Nc1ncc(Br)nc1OCc1ccccc1. The average Bonchev–Trinajstić information content (AvgIpc) is 2.88. The monoisotopic (exact) mass is 471 g/mol. The Balaban J connectivity index is 1.90. The molecule has 8 nitrogen and oxygen atoms in total. The summed E-state index contributed by atoms with van der Waals surface area (Å²) in [4.78, 5) is 8.12.